The lowest BCUT2D eigenvalue weighted by atomic mass is 9.75. The molecule has 0 spiro atoms. The third kappa shape index (κ3) is 6.99. The number of thiazole rings is 1. The molecule has 5 rings (SSSR count). The smallest absolute Gasteiger partial charge is 0.383 e. The summed E-state index contributed by atoms with van der Waals surface area (Å²) in [6.07, 6.45) is 3.71. The highest BCUT2D eigenvalue weighted by Gasteiger charge is 2.39. The van der Waals surface area contributed by atoms with Crippen molar-refractivity contribution in [3.8, 4) is 0 Å². The van der Waals surface area contributed by atoms with Crippen molar-refractivity contribution >= 4 is 28.9 Å². The van der Waals surface area contributed by atoms with Crippen molar-refractivity contribution in [3.63, 3.8) is 0 Å². The molecule has 3 aliphatic rings. The number of hydrogen-bond acceptors (Lipinski definition) is 6. The van der Waals surface area contributed by atoms with Crippen LogP contribution in [-0.2, 0) is 16.6 Å². The molecule has 11 heteroatoms. The molecule has 3 heterocycles. The van der Waals surface area contributed by atoms with Gasteiger partial charge in [-0.15, -0.1) is 11.3 Å². The summed E-state index contributed by atoms with van der Waals surface area (Å²) in [5, 5.41) is 11.9. The Balaban J connectivity index is 1.06. The fourth-order valence-electron chi connectivity index (χ4n) is 6.38. The Morgan fingerprint density at radius 2 is 1.73 bits per heavy atom. The van der Waals surface area contributed by atoms with E-state index in [0.717, 1.165) is 63.7 Å². The van der Waals surface area contributed by atoms with Gasteiger partial charge in [0.1, 0.15) is 15.5 Å². The summed E-state index contributed by atoms with van der Waals surface area (Å²) in [4.78, 5) is 46.5. The monoisotopic (exact) mass is 591 g/mol. The van der Waals surface area contributed by atoms with E-state index in [0.29, 0.717) is 47.7 Å². The van der Waals surface area contributed by atoms with Crippen LogP contribution in [0.1, 0.15) is 94.8 Å². The second kappa shape index (κ2) is 12.2. The van der Waals surface area contributed by atoms with E-state index in [2.05, 4.69) is 4.98 Å². The number of ketones is 1. The van der Waals surface area contributed by atoms with Crippen LogP contribution in [0.15, 0.2) is 30.5 Å². The summed E-state index contributed by atoms with van der Waals surface area (Å²) in [6.45, 7) is 2.79. The molecule has 1 aromatic carbocycles. The third-order valence-corrected chi connectivity index (χ3v) is 10.0. The Morgan fingerprint density at radius 1 is 1.00 bits per heavy atom. The second-order valence-electron chi connectivity index (χ2n) is 11.7. The van der Waals surface area contributed by atoms with Crippen LogP contribution in [0, 0.1) is 11.8 Å². The topological polar surface area (TPSA) is 90.8 Å². The molecule has 1 atom stereocenters. The number of amides is 2. The molecule has 0 radical (unpaired) electrons. The molecule has 1 unspecified atom stereocenters. The molecule has 222 valence electrons. The number of hydrogen-bond donors (Lipinski definition) is 1. The van der Waals surface area contributed by atoms with Crippen molar-refractivity contribution in [3.05, 3.63) is 51.5 Å². The Labute approximate surface area is 241 Å². The minimum atomic E-state index is -4.52. The van der Waals surface area contributed by atoms with Gasteiger partial charge in [0.2, 0.25) is 5.91 Å². The van der Waals surface area contributed by atoms with Crippen LogP contribution in [0.5, 0.6) is 0 Å². The fraction of sp³-hybridized carbons (Fsp3) is 0.600. The van der Waals surface area contributed by atoms with Crippen LogP contribution in [0.3, 0.4) is 0 Å². The SMILES string of the molecule is O=C(CCC(=O)N1CCC(CC2CCC(O)(c3ncc(C(=O)N4CCCC4)s3)CC2)C1)c1cccc(C(F)(F)F)c1. The van der Waals surface area contributed by atoms with Gasteiger partial charge in [-0.3, -0.25) is 14.4 Å². The summed E-state index contributed by atoms with van der Waals surface area (Å²) in [5.74, 6) is 0.169. The van der Waals surface area contributed by atoms with Crippen LogP contribution >= 0.6 is 11.3 Å². The van der Waals surface area contributed by atoms with E-state index in [4.69, 9.17) is 0 Å². The highest BCUT2D eigenvalue weighted by atomic mass is 32.1. The van der Waals surface area contributed by atoms with E-state index in [1.165, 1.54) is 23.5 Å². The van der Waals surface area contributed by atoms with E-state index >= 15 is 0 Å². The molecule has 3 fully saturated rings. The van der Waals surface area contributed by atoms with Crippen molar-refractivity contribution in [2.24, 2.45) is 11.8 Å². The number of nitrogens with zero attached hydrogens (tertiary/aromatic N) is 3. The number of alkyl halides is 3. The average molecular weight is 592 g/mol. The van der Waals surface area contributed by atoms with Gasteiger partial charge in [0.05, 0.1) is 11.8 Å². The first-order chi connectivity index (χ1) is 19.5. The molecule has 1 N–H and O–H groups in total. The molecule has 7 nitrogen and oxygen atoms in total. The van der Waals surface area contributed by atoms with E-state index in [1.54, 1.807) is 11.1 Å². The molecular formula is C30H36F3N3O4S. The molecule has 2 amide bonds. The van der Waals surface area contributed by atoms with Gasteiger partial charge < -0.3 is 14.9 Å². The molecular weight excluding hydrogens is 555 g/mol. The van der Waals surface area contributed by atoms with Crippen molar-refractivity contribution < 1.29 is 32.7 Å². The number of likely N-dealkylation sites (tertiary alicyclic amines) is 2. The van der Waals surface area contributed by atoms with Gasteiger partial charge in [-0.05, 0) is 75.3 Å². The van der Waals surface area contributed by atoms with Crippen LogP contribution in [0.25, 0.3) is 0 Å². The first-order valence-corrected chi connectivity index (χ1v) is 15.3. The maximum atomic E-state index is 12.9. The second-order valence-corrected chi connectivity index (χ2v) is 12.8. The van der Waals surface area contributed by atoms with Crippen molar-refractivity contribution in [1.29, 1.82) is 0 Å². The van der Waals surface area contributed by atoms with Gasteiger partial charge in [0.25, 0.3) is 5.91 Å². The molecule has 41 heavy (non-hydrogen) atoms. The lowest BCUT2D eigenvalue weighted by Crippen LogP contribution is -2.32. The van der Waals surface area contributed by atoms with Gasteiger partial charge >= 0.3 is 6.18 Å². The minimum absolute atomic E-state index is 0.00361. The first kappa shape index (κ1) is 29.7. The quantitative estimate of drug-likeness (QED) is 0.399. The summed E-state index contributed by atoms with van der Waals surface area (Å²) >= 11 is 1.31. The number of aliphatic hydroxyl groups is 1. The van der Waals surface area contributed by atoms with Crippen LogP contribution in [0.2, 0.25) is 0 Å². The zero-order valence-electron chi connectivity index (χ0n) is 23.0. The number of benzene rings is 1. The molecule has 2 aliphatic heterocycles. The van der Waals surface area contributed by atoms with E-state index in [-0.39, 0.29) is 30.2 Å². The molecule has 1 aliphatic carbocycles. The van der Waals surface area contributed by atoms with Crippen molar-refractivity contribution in [2.75, 3.05) is 26.2 Å². The molecule has 2 saturated heterocycles. The zero-order valence-corrected chi connectivity index (χ0v) is 23.8. The first-order valence-electron chi connectivity index (χ1n) is 14.5. The van der Waals surface area contributed by atoms with Crippen molar-refractivity contribution in [1.82, 2.24) is 14.8 Å². The fourth-order valence-corrected chi connectivity index (χ4v) is 7.41. The summed E-state index contributed by atoms with van der Waals surface area (Å²) in [7, 11) is 0. The Hall–Kier alpha value is -2.79. The Morgan fingerprint density at radius 3 is 2.44 bits per heavy atom. The molecule has 1 aromatic heterocycles. The number of rotatable bonds is 8. The summed E-state index contributed by atoms with van der Waals surface area (Å²) in [5.41, 5.74) is -1.91. The third-order valence-electron chi connectivity index (χ3n) is 8.82. The normalized spacial score (nSPS) is 25.1. The van der Waals surface area contributed by atoms with E-state index in [1.807, 2.05) is 4.90 Å². The lowest BCUT2D eigenvalue weighted by Gasteiger charge is -2.35. The van der Waals surface area contributed by atoms with E-state index < -0.39 is 23.1 Å². The summed E-state index contributed by atoms with van der Waals surface area (Å²) in [6, 6.07) is 4.32. The van der Waals surface area contributed by atoms with Crippen LogP contribution in [0.4, 0.5) is 13.2 Å². The van der Waals surface area contributed by atoms with Gasteiger partial charge in [-0.1, -0.05) is 12.1 Å². The molecule has 0 bridgehead atoms. The standard InChI is InChI=1S/C30H36F3N3O4S/c31-30(32,33)23-5-3-4-22(17-23)24(37)6-7-26(38)36-15-10-21(19-36)16-20-8-11-29(40,12-9-20)28-34-18-25(41-28)27(39)35-13-1-2-14-35/h3-5,17-18,20-21,40H,1-2,6-16,19H2. The average Bonchev–Trinajstić information content (AvgIpc) is 3.75. The van der Waals surface area contributed by atoms with Crippen LogP contribution in [-0.4, -0.2) is 63.7 Å². The molecule has 1 saturated carbocycles. The lowest BCUT2D eigenvalue weighted by molar-refractivity contribution is -0.137. The predicted molar refractivity (Wildman–Crippen MR) is 147 cm³/mol. The Bertz CT molecular complexity index is 1270. The zero-order chi connectivity index (χ0) is 29.2. The number of aromatic nitrogens is 1. The molecule has 2 aromatic rings. The summed E-state index contributed by atoms with van der Waals surface area (Å²) < 4.78 is 38.8. The number of Topliss-reactive ketones (excluding diaryl/α,β-unsaturated/α-hetero) is 1. The van der Waals surface area contributed by atoms with Gasteiger partial charge in [-0.25, -0.2) is 4.98 Å². The maximum absolute atomic E-state index is 12.9. The number of carbonyl (C=O) groups excluding carboxylic acids is 3. The predicted octanol–water partition coefficient (Wildman–Crippen LogP) is 5.68. The van der Waals surface area contributed by atoms with E-state index in [9.17, 15) is 32.7 Å². The Kier molecular flexibility index (Phi) is 8.84. The number of halogens is 3. The largest absolute Gasteiger partial charge is 0.416 e. The number of carbonyl (C=O) groups is 3. The highest BCUT2D eigenvalue weighted by Crippen LogP contribution is 2.43. The van der Waals surface area contributed by atoms with Gasteiger partial charge in [0.15, 0.2) is 5.78 Å². The van der Waals surface area contributed by atoms with Gasteiger partial charge in [-0.2, -0.15) is 13.2 Å². The van der Waals surface area contributed by atoms with Crippen LogP contribution < -0.4 is 0 Å². The highest BCUT2D eigenvalue weighted by molar-refractivity contribution is 7.13. The van der Waals surface area contributed by atoms with Crippen molar-refractivity contribution in [2.45, 2.75) is 76.0 Å². The van der Waals surface area contributed by atoms with Gasteiger partial charge in [0, 0.05) is 44.6 Å². The minimum Gasteiger partial charge on any atom is -0.383 e. The maximum Gasteiger partial charge on any atom is 0.416 e.